The van der Waals surface area contributed by atoms with Crippen molar-refractivity contribution < 1.29 is 26.7 Å². The standard InChI is InChI=1S/C23H29F2N3O4S/c1-3-17(2)18-8-10-19(11-9-18)33(30,31)28-14-12-27(13-15-28)16-22(29)26-20-6-4-5-7-21(20)32-23(24)25/h4-11,17,23H,3,12-16H2,1-2H3,(H,26,29). The van der Waals surface area contributed by atoms with Crippen molar-refractivity contribution in [3.63, 3.8) is 0 Å². The number of sulfonamides is 1. The van der Waals surface area contributed by atoms with Gasteiger partial charge >= 0.3 is 6.61 Å². The number of benzene rings is 2. The van der Waals surface area contributed by atoms with Gasteiger partial charge in [-0.25, -0.2) is 8.42 Å². The zero-order valence-corrected chi connectivity index (χ0v) is 19.5. The molecular formula is C23H29F2N3O4S. The molecule has 1 aliphatic rings. The topological polar surface area (TPSA) is 79.0 Å². The third-order valence-electron chi connectivity index (χ3n) is 5.77. The minimum absolute atomic E-state index is 0.0144. The largest absolute Gasteiger partial charge is 0.433 e. The number of hydrogen-bond donors (Lipinski definition) is 1. The Morgan fingerprint density at radius 3 is 2.30 bits per heavy atom. The van der Waals surface area contributed by atoms with Gasteiger partial charge in [-0.1, -0.05) is 38.1 Å². The molecule has 1 saturated heterocycles. The van der Waals surface area contributed by atoms with Crippen LogP contribution in [0, 0.1) is 0 Å². The first-order valence-corrected chi connectivity index (χ1v) is 12.3. The molecule has 33 heavy (non-hydrogen) atoms. The molecular weight excluding hydrogens is 452 g/mol. The minimum atomic E-state index is -3.61. The molecule has 2 aromatic carbocycles. The van der Waals surface area contributed by atoms with Gasteiger partial charge < -0.3 is 10.1 Å². The molecule has 7 nitrogen and oxygen atoms in total. The van der Waals surface area contributed by atoms with Gasteiger partial charge in [0.1, 0.15) is 5.75 Å². The highest BCUT2D eigenvalue weighted by Crippen LogP contribution is 2.26. The predicted octanol–water partition coefficient (Wildman–Crippen LogP) is 3.75. The van der Waals surface area contributed by atoms with E-state index < -0.39 is 22.5 Å². The third-order valence-corrected chi connectivity index (χ3v) is 7.69. The van der Waals surface area contributed by atoms with Crippen molar-refractivity contribution in [3.05, 3.63) is 54.1 Å². The van der Waals surface area contributed by atoms with Crippen LogP contribution in [0.2, 0.25) is 0 Å². The number of anilines is 1. The minimum Gasteiger partial charge on any atom is -0.433 e. The summed E-state index contributed by atoms with van der Waals surface area (Å²) in [5.41, 5.74) is 1.26. The average Bonchev–Trinajstić information content (AvgIpc) is 2.80. The number of ether oxygens (including phenoxy) is 1. The first kappa shape index (κ1) is 25.1. The van der Waals surface area contributed by atoms with Gasteiger partial charge in [0.15, 0.2) is 0 Å². The second-order valence-electron chi connectivity index (χ2n) is 7.98. The molecule has 1 atom stereocenters. The average molecular weight is 482 g/mol. The third kappa shape index (κ3) is 6.49. The molecule has 3 rings (SSSR count). The van der Waals surface area contributed by atoms with Crippen molar-refractivity contribution in [3.8, 4) is 5.75 Å². The van der Waals surface area contributed by atoms with Gasteiger partial charge in [0.25, 0.3) is 0 Å². The molecule has 180 valence electrons. The van der Waals surface area contributed by atoms with E-state index in [-0.39, 0.29) is 36.0 Å². The van der Waals surface area contributed by atoms with Crippen LogP contribution in [0.25, 0.3) is 0 Å². The summed E-state index contributed by atoms with van der Waals surface area (Å²) in [6, 6.07) is 13.0. The summed E-state index contributed by atoms with van der Waals surface area (Å²) in [7, 11) is -3.61. The molecule has 1 N–H and O–H groups in total. The van der Waals surface area contributed by atoms with Crippen LogP contribution in [0.15, 0.2) is 53.4 Å². The van der Waals surface area contributed by atoms with Gasteiger partial charge in [0.2, 0.25) is 15.9 Å². The van der Waals surface area contributed by atoms with Crippen LogP contribution in [0.5, 0.6) is 5.75 Å². The first-order chi connectivity index (χ1) is 15.7. The SMILES string of the molecule is CCC(C)c1ccc(S(=O)(=O)N2CCN(CC(=O)Nc3ccccc3OC(F)F)CC2)cc1. The number of carbonyl (C=O) groups excluding carboxylic acids is 1. The van der Waals surface area contributed by atoms with Gasteiger partial charge in [0, 0.05) is 26.2 Å². The van der Waals surface area contributed by atoms with Crippen molar-refractivity contribution in [1.82, 2.24) is 9.21 Å². The zero-order chi connectivity index (χ0) is 24.0. The fourth-order valence-electron chi connectivity index (χ4n) is 3.64. The van der Waals surface area contributed by atoms with E-state index in [1.54, 1.807) is 18.2 Å². The van der Waals surface area contributed by atoms with Crippen LogP contribution in [0.3, 0.4) is 0 Å². The molecule has 0 bridgehead atoms. The summed E-state index contributed by atoms with van der Waals surface area (Å²) in [4.78, 5) is 14.5. The van der Waals surface area contributed by atoms with E-state index in [9.17, 15) is 22.0 Å². The summed E-state index contributed by atoms with van der Waals surface area (Å²) < 4.78 is 56.9. The number of halogens is 2. The molecule has 1 amide bonds. The van der Waals surface area contributed by atoms with E-state index in [4.69, 9.17) is 0 Å². The van der Waals surface area contributed by atoms with Gasteiger partial charge in [-0.2, -0.15) is 13.1 Å². The Bertz CT molecular complexity index is 1040. The highest BCUT2D eigenvalue weighted by molar-refractivity contribution is 7.89. The summed E-state index contributed by atoms with van der Waals surface area (Å²) in [6.45, 7) is 2.49. The Hall–Kier alpha value is -2.56. The highest BCUT2D eigenvalue weighted by atomic mass is 32.2. The Morgan fingerprint density at radius 1 is 1.06 bits per heavy atom. The molecule has 0 spiro atoms. The molecule has 1 fully saturated rings. The number of nitrogens with zero attached hydrogens (tertiary/aromatic N) is 2. The van der Waals surface area contributed by atoms with Crippen LogP contribution in [0.1, 0.15) is 31.7 Å². The van der Waals surface area contributed by atoms with E-state index in [1.807, 2.05) is 17.0 Å². The Kier molecular flexibility index (Phi) is 8.39. The van der Waals surface area contributed by atoms with Crippen molar-refractivity contribution in [2.75, 3.05) is 38.0 Å². The highest BCUT2D eigenvalue weighted by Gasteiger charge is 2.29. The van der Waals surface area contributed by atoms with E-state index in [2.05, 4.69) is 23.9 Å². The zero-order valence-electron chi connectivity index (χ0n) is 18.7. The maximum absolute atomic E-state index is 13.0. The molecule has 1 heterocycles. The van der Waals surface area contributed by atoms with Crippen molar-refractivity contribution in [1.29, 1.82) is 0 Å². The maximum atomic E-state index is 13.0. The number of hydrogen-bond acceptors (Lipinski definition) is 5. The van der Waals surface area contributed by atoms with E-state index in [1.165, 1.54) is 22.5 Å². The predicted molar refractivity (Wildman–Crippen MR) is 122 cm³/mol. The number of para-hydroxylation sites is 2. The van der Waals surface area contributed by atoms with E-state index in [0.717, 1.165) is 12.0 Å². The number of carbonyl (C=O) groups is 1. The number of alkyl halides is 2. The van der Waals surface area contributed by atoms with E-state index >= 15 is 0 Å². The van der Waals surface area contributed by atoms with E-state index in [0.29, 0.717) is 19.0 Å². The van der Waals surface area contributed by atoms with Crippen molar-refractivity contribution in [2.24, 2.45) is 0 Å². The van der Waals surface area contributed by atoms with Crippen molar-refractivity contribution in [2.45, 2.75) is 37.7 Å². The molecule has 1 aliphatic heterocycles. The Labute approximate surface area is 193 Å². The second-order valence-corrected chi connectivity index (χ2v) is 9.92. The summed E-state index contributed by atoms with van der Waals surface area (Å²) in [6.07, 6.45) is 0.979. The van der Waals surface area contributed by atoms with Crippen LogP contribution in [0.4, 0.5) is 14.5 Å². The summed E-state index contributed by atoms with van der Waals surface area (Å²) >= 11 is 0. The lowest BCUT2D eigenvalue weighted by atomic mass is 9.99. The normalized spacial score (nSPS) is 16.5. The van der Waals surface area contributed by atoms with Crippen LogP contribution in [-0.2, 0) is 14.8 Å². The molecule has 1 unspecified atom stereocenters. The van der Waals surface area contributed by atoms with Crippen LogP contribution < -0.4 is 10.1 Å². The molecule has 2 aromatic rings. The summed E-state index contributed by atoms with van der Waals surface area (Å²) in [5.74, 6) is -0.140. The van der Waals surface area contributed by atoms with Gasteiger partial charge in [-0.15, -0.1) is 0 Å². The van der Waals surface area contributed by atoms with Crippen molar-refractivity contribution >= 4 is 21.6 Å². The monoisotopic (exact) mass is 481 g/mol. The molecule has 0 radical (unpaired) electrons. The molecule has 10 heteroatoms. The van der Waals surface area contributed by atoms with Crippen LogP contribution >= 0.6 is 0 Å². The maximum Gasteiger partial charge on any atom is 0.387 e. The van der Waals surface area contributed by atoms with Gasteiger partial charge in [-0.3, -0.25) is 9.69 Å². The van der Waals surface area contributed by atoms with Gasteiger partial charge in [-0.05, 0) is 42.2 Å². The first-order valence-electron chi connectivity index (χ1n) is 10.9. The quantitative estimate of drug-likeness (QED) is 0.590. The molecule has 0 aliphatic carbocycles. The lowest BCUT2D eigenvalue weighted by Crippen LogP contribution is -2.50. The van der Waals surface area contributed by atoms with Crippen LogP contribution in [-0.4, -0.2) is 62.9 Å². The second kappa shape index (κ2) is 11.0. The number of rotatable bonds is 9. The summed E-state index contributed by atoms with van der Waals surface area (Å²) in [5, 5.41) is 2.58. The lowest BCUT2D eigenvalue weighted by Gasteiger charge is -2.33. The smallest absolute Gasteiger partial charge is 0.387 e. The lowest BCUT2D eigenvalue weighted by molar-refractivity contribution is -0.117. The molecule has 0 aromatic heterocycles. The Balaban J connectivity index is 1.55. The van der Waals surface area contributed by atoms with Gasteiger partial charge in [0.05, 0.1) is 17.1 Å². The number of amides is 1. The fraction of sp³-hybridized carbons (Fsp3) is 0.435. The number of piperazine rings is 1. The fourth-order valence-corrected chi connectivity index (χ4v) is 5.06. The molecule has 0 saturated carbocycles. The number of nitrogens with one attached hydrogen (secondary N) is 1. The Morgan fingerprint density at radius 2 is 1.70 bits per heavy atom.